The van der Waals surface area contributed by atoms with Gasteiger partial charge in [-0.1, -0.05) is 30.5 Å². The van der Waals surface area contributed by atoms with Crippen LogP contribution in [0.3, 0.4) is 0 Å². The van der Waals surface area contributed by atoms with E-state index in [1.54, 1.807) is 0 Å². The van der Waals surface area contributed by atoms with Crippen molar-refractivity contribution in [2.75, 3.05) is 37.6 Å². The normalized spacial score (nSPS) is 22.1. The van der Waals surface area contributed by atoms with Gasteiger partial charge in [0.05, 0.1) is 0 Å². The predicted molar refractivity (Wildman–Crippen MR) is 81.8 cm³/mol. The van der Waals surface area contributed by atoms with Gasteiger partial charge in [-0.15, -0.1) is 0 Å². The molecule has 2 nitrogen and oxygen atoms in total. The number of anilines is 1. The molecule has 19 heavy (non-hydrogen) atoms. The Hall–Kier alpha value is -1.02. The topological polar surface area (TPSA) is 6.48 Å². The molecule has 1 heterocycles. The SMILES string of the molecule is Cc1ccc(N2CCN(CC3CCCC3)CC2)cc1. The summed E-state index contributed by atoms with van der Waals surface area (Å²) in [5.74, 6) is 0.992. The van der Waals surface area contributed by atoms with Crippen molar-refractivity contribution in [2.24, 2.45) is 5.92 Å². The van der Waals surface area contributed by atoms with E-state index in [1.165, 1.54) is 69.7 Å². The summed E-state index contributed by atoms with van der Waals surface area (Å²) in [6.45, 7) is 8.37. The number of rotatable bonds is 3. The summed E-state index contributed by atoms with van der Waals surface area (Å²) in [4.78, 5) is 5.21. The molecule has 2 heteroatoms. The van der Waals surface area contributed by atoms with Crippen molar-refractivity contribution < 1.29 is 0 Å². The minimum absolute atomic E-state index is 0.992. The van der Waals surface area contributed by atoms with Gasteiger partial charge in [-0.3, -0.25) is 4.90 Å². The second-order valence-electron chi connectivity index (χ2n) is 6.27. The summed E-state index contributed by atoms with van der Waals surface area (Å²) in [5, 5.41) is 0. The van der Waals surface area contributed by atoms with Crippen molar-refractivity contribution in [3.63, 3.8) is 0 Å². The number of hydrogen-bond acceptors (Lipinski definition) is 2. The molecule has 2 aliphatic rings. The quantitative estimate of drug-likeness (QED) is 0.820. The molecule has 1 aliphatic heterocycles. The van der Waals surface area contributed by atoms with Crippen LogP contribution in [0.2, 0.25) is 0 Å². The molecule has 1 aromatic carbocycles. The maximum Gasteiger partial charge on any atom is 0.0367 e. The standard InChI is InChI=1S/C17H26N2/c1-15-6-8-17(9-7-15)19-12-10-18(11-13-19)14-16-4-2-3-5-16/h6-9,16H,2-5,10-14H2,1H3. The summed E-state index contributed by atoms with van der Waals surface area (Å²) in [6, 6.07) is 8.98. The highest BCUT2D eigenvalue weighted by molar-refractivity contribution is 5.47. The first-order chi connectivity index (χ1) is 9.31. The van der Waals surface area contributed by atoms with Crippen molar-refractivity contribution >= 4 is 5.69 Å². The second kappa shape index (κ2) is 5.96. The van der Waals surface area contributed by atoms with Crippen LogP contribution in [0.5, 0.6) is 0 Å². The minimum Gasteiger partial charge on any atom is -0.369 e. The van der Waals surface area contributed by atoms with Gasteiger partial charge in [0.15, 0.2) is 0 Å². The van der Waals surface area contributed by atoms with Gasteiger partial charge in [-0.2, -0.15) is 0 Å². The van der Waals surface area contributed by atoms with Gasteiger partial charge < -0.3 is 4.90 Å². The van der Waals surface area contributed by atoms with Crippen LogP contribution in [0.4, 0.5) is 5.69 Å². The monoisotopic (exact) mass is 258 g/mol. The van der Waals surface area contributed by atoms with Gasteiger partial charge in [0, 0.05) is 38.4 Å². The van der Waals surface area contributed by atoms with Crippen LogP contribution in [0, 0.1) is 12.8 Å². The average molecular weight is 258 g/mol. The van der Waals surface area contributed by atoms with Crippen molar-refractivity contribution in [1.29, 1.82) is 0 Å². The summed E-state index contributed by atoms with van der Waals surface area (Å²) in [7, 11) is 0. The number of benzene rings is 1. The first-order valence-corrected chi connectivity index (χ1v) is 7.85. The molecule has 0 radical (unpaired) electrons. The Morgan fingerprint density at radius 1 is 0.947 bits per heavy atom. The number of nitrogens with zero attached hydrogens (tertiary/aromatic N) is 2. The lowest BCUT2D eigenvalue weighted by molar-refractivity contribution is 0.220. The third-order valence-corrected chi connectivity index (χ3v) is 4.76. The fourth-order valence-corrected chi connectivity index (χ4v) is 3.50. The van der Waals surface area contributed by atoms with Crippen molar-refractivity contribution in [1.82, 2.24) is 4.90 Å². The van der Waals surface area contributed by atoms with Crippen LogP contribution >= 0.6 is 0 Å². The van der Waals surface area contributed by atoms with Crippen LogP contribution in [0.15, 0.2) is 24.3 Å². The predicted octanol–water partition coefficient (Wildman–Crippen LogP) is 3.31. The molecule has 0 bridgehead atoms. The lowest BCUT2D eigenvalue weighted by Crippen LogP contribution is -2.47. The molecular weight excluding hydrogens is 232 g/mol. The molecule has 1 aromatic rings. The minimum atomic E-state index is 0.992. The molecule has 0 N–H and O–H groups in total. The van der Waals surface area contributed by atoms with E-state index in [1.807, 2.05) is 0 Å². The summed E-state index contributed by atoms with van der Waals surface area (Å²) >= 11 is 0. The van der Waals surface area contributed by atoms with E-state index in [2.05, 4.69) is 41.0 Å². The van der Waals surface area contributed by atoms with E-state index in [0.717, 1.165) is 5.92 Å². The van der Waals surface area contributed by atoms with Gasteiger partial charge in [-0.05, 0) is 37.8 Å². The van der Waals surface area contributed by atoms with Gasteiger partial charge in [-0.25, -0.2) is 0 Å². The van der Waals surface area contributed by atoms with Gasteiger partial charge in [0.2, 0.25) is 0 Å². The highest BCUT2D eigenvalue weighted by Crippen LogP contribution is 2.26. The highest BCUT2D eigenvalue weighted by atomic mass is 15.3. The van der Waals surface area contributed by atoms with E-state index in [4.69, 9.17) is 0 Å². The maximum atomic E-state index is 2.68. The van der Waals surface area contributed by atoms with Crippen LogP contribution in [0.25, 0.3) is 0 Å². The van der Waals surface area contributed by atoms with E-state index in [-0.39, 0.29) is 0 Å². The van der Waals surface area contributed by atoms with Crippen molar-refractivity contribution in [3.8, 4) is 0 Å². The van der Waals surface area contributed by atoms with Crippen LogP contribution in [0.1, 0.15) is 31.2 Å². The molecule has 1 saturated carbocycles. The molecule has 0 atom stereocenters. The third-order valence-electron chi connectivity index (χ3n) is 4.76. The molecular formula is C17H26N2. The lowest BCUT2D eigenvalue weighted by atomic mass is 10.1. The van der Waals surface area contributed by atoms with E-state index in [9.17, 15) is 0 Å². The molecule has 104 valence electrons. The highest BCUT2D eigenvalue weighted by Gasteiger charge is 2.22. The van der Waals surface area contributed by atoms with Crippen molar-refractivity contribution in [2.45, 2.75) is 32.6 Å². The molecule has 3 rings (SSSR count). The number of piperazine rings is 1. The Balaban J connectivity index is 1.50. The van der Waals surface area contributed by atoms with E-state index in [0.29, 0.717) is 0 Å². The Morgan fingerprint density at radius 2 is 1.58 bits per heavy atom. The Morgan fingerprint density at radius 3 is 2.21 bits per heavy atom. The Labute approximate surface area is 117 Å². The Kier molecular flexibility index (Phi) is 4.07. The molecule has 2 fully saturated rings. The zero-order chi connectivity index (χ0) is 13.1. The van der Waals surface area contributed by atoms with Gasteiger partial charge in [0.1, 0.15) is 0 Å². The summed E-state index contributed by atoms with van der Waals surface area (Å²) in [6.07, 6.45) is 5.87. The van der Waals surface area contributed by atoms with E-state index >= 15 is 0 Å². The van der Waals surface area contributed by atoms with Crippen molar-refractivity contribution in [3.05, 3.63) is 29.8 Å². The molecule has 1 aliphatic carbocycles. The first kappa shape index (κ1) is 13.0. The summed E-state index contributed by atoms with van der Waals surface area (Å²) in [5.41, 5.74) is 2.75. The Bertz CT molecular complexity index is 384. The molecule has 0 aromatic heterocycles. The maximum absolute atomic E-state index is 2.68. The molecule has 0 spiro atoms. The largest absolute Gasteiger partial charge is 0.369 e. The third kappa shape index (κ3) is 3.30. The molecule has 0 amide bonds. The fourth-order valence-electron chi connectivity index (χ4n) is 3.50. The van der Waals surface area contributed by atoms with Crippen LogP contribution in [-0.4, -0.2) is 37.6 Å². The first-order valence-electron chi connectivity index (χ1n) is 7.85. The lowest BCUT2D eigenvalue weighted by Gasteiger charge is -2.37. The number of aryl methyl sites for hydroxylation is 1. The molecule has 0 unspecified atom stereocenters. The number of hydrogen-bond donors (Lipinski definition) is 0. The summed E-state index contributed by atoms with van der Waals surface area (Å²) < 4.78 is 0. The smallest absolute Gasteiger partial charge is 0.0367 e. The average Bonchev–Trinajstić information content (AvgIpc) is 2.94. The van der Waals surface area contributed by atoms with E-state index < -0.39 is 0 Å². The second-order valence-corrected chi connectivity index (χ2v) is 6.27. The van der Waals surface area contributed by atoms with Crippen LogP contribution < -0.4 is 4.90 Å². The van der Waals surface area contributed by atoms with Crippen LogP contribution in [-0.2, 0) is 0 Å². The fraction of sp³-hybridized carbons (Fsp3) is 0.647. The zero-order valence-corrected chi connectivity index (χ0v) is 12.1. The zero-order valence-electron chi connectivity index (χ0n) is 12.1. The van der Waals surface area contributed by atoms with Gasteiger partial charge >= 0.3 is 0 Å². The molecule has 1 saturated heterocycles. The van der Waals surface area contributed by atoms with Gasteiger partial charge in [0.25, 0.3) is 0 Å².